The minimum absolute atomic E-state index is 0.0827. The lowest BCUT2D eigenvalue weighted by molar-refractivity contribution is 0.0796. The average Bonchev–Trinajstić information content (AvgIpc) is 2.96. The standard InChI is InChI=1S/C15H24N2O2S2/c1-11-3-6-17(7-4-11)10-12(18)9-16-15(19)14-13(20-2)5-8-21-14/h5,8,11-12,18H,3-4,6-7,9-10H2,1-2H3,(H,16,19). The molecule has 1 aliphatic heterocycles. The summed E-state index contributed by atoms with van der Waals surface area (Å²) >= 11 is 3.02. The molecule has 2 rings (SSSR count). The molecule has 1 amide bonds. The van der Waals surface area contributed by atoms with Crippen molar-refractivity contribution in [2.24, 2.45) is 5.92 Å². The Bertz CT molecular complexity index is 456. The Labute approximate surface area is 134 Å². The van der Waals surface area contributed by atoms with E-state index in [0.717, 1.165) is 28.8 Å². The number of carbonyl (C=O) groups is 1. The third-order valence-electron chi connectivity index (χ3n) is 3.90. The molecule has 1 saturated heterocycles. The van der Waals surface area contributed by atoms with Crippen LogP contribution in [0.3, 0.4) is 0 Å². The number of nitrogens with zero attached hydrogens (tertiary/aromatic N) is 1. The van der Waals surface area contributed by atoms with Gasteiger partial charge in [-0.1, -0.05) is 6.92 Å². The topological polar surface area (TPSA) is 52.6 Å². The molecule has 0 aliphatic carbocycles. The van der Waals surface area contributed by atoms with E-state index in [1.54, 1.807) is 11.8 Å². The van der Waals surface area contributed by atoms with Crippen molar-refractivity contribution in [1.82, 2.24) is 10.2 Å². The summed E-state index contributed by atoms with van der Waals surface area (Å²) in [4.78, 5) is 16.1. The summed E-state index contributed by atoms with van der Waals surface area (Å²) in [6.07, 6.45) is 3.86. The van der Waals surface area contributed by atoms with E-state index in [9.17, 15) is 9.90 Å². The lowest BCUT2D eigenvalue weighted by atomic mass is 9.99. The van der Waals surface area contributed by atoms with Crippen LogP contribution in [0.2, 0.25) is 0 Å². The SMILES string of the molecule is CSc1ccsc1C(=O)NCC(O)CN1CCC(C)CC1. The molecule has 1 aliphatic rings. The molecule has 6 heteroatoms. The second kappa shape index (κ2) is 8.17. The molecule has 1 fully saturated rings. The Morgan fingerprint density at radius 2 is 2.29 bits per heavy atom. The molecule has 1 atom stereocenters. The first-order valence-corrected chi connectivity index (χ1v) is 9.50. The normalized spacial score (nSPS) is 18.6. The van der Waals surface area contributed by atoms with Gasteiger partial charge in [-0.2, -0.15) is 0 Å². The lowest BCUT2D eigenvalue weighted by Crippen LogP contribution is -2.43. The number of piperidine rings is 1. The lowest BCUT2D eigenvalue weighted by Gasteiger charge is -2.31. The molecule has 2 heterocycles. The van der Waals surface area contributed by atoms with Crippen LogP contribution in [0.5, 0.6) is 0 Å². The van der Waals surface area contributed by atoms with Crippen molar-refractivity contribution in [3.05, 3.63) is 16.3 Å². The maximum absolute atomic E-state index is 12.1. The predicted octanol–water partition coefficient (Wildman–Crippen LogP) is 2.29. The maximum Gasteiger partial charge on any atom is 0.262 e. The highest BCUT2D eigenvalue weighted by molar-refractivity contribution is 7.98. The molecule has 1 aromatic heterocycles. The van der Waals surface area contributed by atoms with Gasteiger partial charge in [0.2, 0.25) is 0 Å². The molecule has 118 valence electrons. The van der Waals surface area contributed by atoms with Gasteiger partial charge in [-0.15, -0.1) is 23.1 Å². The summed E-state index contributed by atoms with van der Waals surface area (Å²) in [5, 5.41) is 14.8. The number of hydrogen-bond donors (Lipinski definition) is 2. The van der Waals surface area contributed by atoms with Crippen LogP contribution in [0.4, 0.5) is 0 Å². The smallest absolute Gasteiger partial charge is 0.262 e. The fraction of sp³-hybridized carbons (Fsp3) is 0.667. The Morgan fingerprint density at radius 3 is 2.95 bits per heavy atom. The van der Waals surface area contributed by atoms with Crippen molar-refractivity contribution in [2.45, 2.75) is 30.8 Å². The van der Waals surface area contributed by atoms with E-state index < -0.39 is 6.10 Å². The summed E-state index contributed by atoms with van der Waals surface area (Å²) in [5.74, 6) is 0.711. The van der Waals surface area contributed by atoms with Gasteiger partial charge in [-0.3, -0.25) is 4.79 Å². The molecule has 4 nitrogen and oxygen atoms in total. The Hall–Kier alpha value is -0.560. The van der Waals surface area contributed by atoms with Crippen molar-refractivity contribution in [3.63, 3.8) is 0 Å². The van der Waals surface area contributed by atoms with Crippen LogP contribution >= 0.6 is 23.1 Å². The Morgan fingerprint density at radius 1 is 1.57 bits per heavy atom. The number of aliphatic hydroxyl groups excluding tert-OH is 1. The average molecular weight is 329 g/mol. The van der Waals surface area contributed by atoms with Crippen LogP contribution in [0.15, 0.2) is 16.3 Å². The molecule has 1 aromatic rings. The fourth-order valence-corrected chi connectivity index (χ4v) is 4.19. The van der Waals surface area contributed by atoms with Crippen molar-refractivity contribution in [1.29, 1.82) is 0 Å². The number of thiophene rings is 1. The first kappa shape index (κ1) is 16.8. The number of β-amino-alcohol motifs (C(OH)–C–C–N with tert-alkyl or cyclic N) is 1. The highest BCUT2D eigenvalue weighted by atomic mass is 32.2. The van der Waals surface area contributed by atoms with E-state index >= 15 is 0 Å². The summed E-state index contributed by atoms with van der Waals surface area (Å²) in [7, 11) is 0. The van der Waals surface area contributed by atoms with E-state index in [4.69, 9.17) is 0 Å². The van der Waals surface area contributed by atoms with E-state index in [2.05, 4.69) is 17.1 Å². The van der Waals surface area contributed by atoms with Gasteiger partial charge in [-0.05, 0) is 49.6 Å². The van der Waals surface area contributed by atoms with Gasteiger partial charge in [0.15, 0.2) is 0 Å². The summed E-state index contributed by atoms with van der Waals surface area (Å²) in [6, 6.07) is 1.95. The van der Waals surface area contributed by atoms with Crippen LogP contribution in [0, 0.1) is 5.92 Å². The third-order valence-corrected chi connectivity index (χ3v) is 5.72. The molecule has 0 radical (unpaired) electrons. The monoisotopic (exact) mass is 328 g/mol. The third kappa shape index (κ3) is 4.98. The quantitative estimate of drug-likeness (QED) is 0.787. The Balaban J connectivity index is 1.73. The van der Waals surface area contributed by atoms with E-state index in [1.165, 1.54) is 24.2 Å². The van der Waals surface area contributed by atoms with Crippen molar-refractivity contribution >= 4 is 29.0 Å². The van der Waals surface area contributed by atoms with Gasteiger partial charge < -0.3 is 15.3 Å². The van der Waals surface area contributed by atoms with Gasteiger partial charge in [0.05, 0.1) is 6.10 Å². The number of hydrogen-bond acceptors (Lipinski definition) is 5. The van der Waals surface area contributed by atoms with E-state index in [1.807, 2.05) is 17.7 Å². The molecule has 0 aromatic carbocycles. The van der Waals surface area contributed by atoms with Crippen LogP contribution in [0.1, 0.15) is 29.4 Å². The fourth-order valence-electron chi connectivity index (χ4n) is 2.52. The number of rotatable bonds is 6. The summed E-state index contributed by atoms with van der Waals surface area (Å²) in [6.45, 7) is 5.34. The van der Waals surface area contributed by atoms with Gasteiger partial charge >= 0.3 is 0 Å². The highest BCUT2D eigenvalue weighted by Gasteiger charge is 2.19. The zero-order chi connectivity index (χ0) is 15.2. The molecular weight excluding hydrogens is 304 g/mol. The van der Waals surface area contributed by atoms with Crippen LogP contribution in [0.25, 0.3) is 0 Å². The molecule has 0 spiro atoms. The zero-order valence-corrected chi connectivity index (χ0v) is 14.3. The number of thioether (sulfide) groups is 1. The maximum atomic E-state index is 12.1. The number of nitrogens with one attached hydrogen (secondary N) is 1. The second-order valence-corrected chi connectivity index (χ2v) is 7.43. The van der Waals surface area contributed by atoms with Crippen molar-refractivity contribution in [3.8, 4) is 0 Å². The van der Waals surface area contributed by atoms with Crippen molar-refractivity contribution in [2.75, 3.05) is 32.4 Å². The molecule has 0 bridgehead atoms. The van der Waals surface area contributed by atoms with Gasteiger partial charge in [0.25, 0.3) is 5.91 Å². The molecule has 1 unspecified atom stereocenters. The minimum Gasteiger partial charge on any atom is -0.390 e. The van der Waals surface area contributed by atoms with Crippen molar-refractivity contribution < 1.29 is 9.90 Å². The number of likely N-dealkylation sites (tertiary alicyclic amines) is 1. The predicted molar refractivity (Wildman–Crippen MR) is 89.3 cm³/mol. The number of amides is 1. The summed E-state index contributed by atoms with van der Waals surface area (Å²) in [5.41, 5.74) is 0. The van der Waals surface area contributed by atoms with Crippen LogP contribution in [-0.4, -0.2) is 54.5 Å². The van der Waals surface area contributed by atoms with Gasteiger partial charge in [0.1, 0.15) is 4.88 Å². The zero-order valence-electron chi connectivity index (χ0n) is 12.7. The number of carbonyl (C=O) groups excluding carboxylic acids is 1. The van der Waals surface area contributed by atoms with E-state index in [-0.39, 0.29) is 5.91 Å². The minimum atomic E-state index is -0.500. The summed E-state index contributed by atoms with van der Waals surface area (Å²) < 4.78 is 0. The van der Waals surface area contributed by atoms with Crippen LogP contribution < -0.4 is 5.32 Å². The van der Waals surface area contributed by atoms with Gasteiger partial charge in [-0.25, -0.2) is 0 Å². The largest absolute Gasteiger partial charge is 0.390 e. The van der Waals surface area contributed by atoms with Gasteiger partial charge in [0, 0.05) is 18.0 Å². The molecular formula is C15H24N2O2S2. The molecule has 21 heavy (non-hydrogen) atoms. The van der Waals surface area contributed by atoms with Crippen LogP contribution in [-0.2, 0) is 0 Å². The second-order valence-electron chi connectivity index (χ2n) is 5.67. The number of aliphatic hydroxyl groups is 1. The van der Waals surface area contributed by atoms with E-state index in [0.29, 0.717) is 13.1 Å². The molecule has 2 N–H and O–H groups in total. The first-order chi connectivity index (χ1) is 10.1. The highest BCUT2D eigenvalue weighted by Crippen LogP contribution is 2.25. The first-order valence-electron chi connectivity index (χ1n) is 7.40. The Kier molecular flexibility index (Phi) is 6.54. The molecule has 0 saturated carbocycles.